The second-order valence-electron chi connectivity index (χ2n) is 5.45. The lowest BCUT2D eigenvalue weighted by molar-refractivity contribution is -0.122. The molecule has 2 aromatic rings. The molecule has 21 heavy (non-hydrogen) atoms. The summed E-state index contributed by atoms with van der Waals surface area (Å²) in [6.07, 6.45) is 3.96. The standard InChI is InChI=1S/C17H19NO2S/c19-13-6-4-12(5-7-13)8-10-18-17(20)15-2-1-3-16-14(15)9-11-21-16/h4-7,9,11,15,19H,1-3,8,10H2,(H,18,20). The number of aryl methyl sites for hydroxylation is 1. The summed E-state index contributed by atoms with van der Waals surface area (Å²) < 4.78 is 0. The van der Waals surface area contributed by atoms with Gasteiger partial charge in [0.25, 0.3) is 0 Å². The van der Waals surface area contributed by atoms with Gasteiger partial charge in [0.2, 0.25) is 5.91 Å². The number of hydrogen-bond acceptors (Lipinski definition) is 3. The lowest BCUT2D eigenvalue weighted by atomic mass is 9.87. The average molecular weight is 301 g/mol. The summed E-state index contributed by atoms with van der Waals surface area (Å²) in [6, 6.07) is 9.23. The molecule has 1 aromatic heterocycles. The lowest BCUT2D eigenvalue weighted by Crippen LogP contribution is -2.32. The van der Waals surface area contributed by atoms with E-state index in [4.69, 9.17) is 0 Å². The summed E-state index contributed by atoms with van der Waals surface area (Å²) in [5.74, 6) is 0.447. The topological polar surface area (TPSA) is 49.3 Å². The Morgan fingerprint density at radius 1 is 1.29 bits per heavy atom. The van der Waals surface area contributed by atoms with Crippen LogP contribution in [-0.4, -0.2) is 17.6 Å². The van der Waals surface area contributed by atoms with Crippen LogP contribution in [0.2, 0.25) is 0 Å². The van der Waals surface area contributed by atoms with Crippen LogP contribution in [0.25, 0.3) is 0 Å². The molecule has 1 amide bonds. The zero-order valence-electron chi connectivity index (χ0n) is 11.8. The normalized spacial score (nSPS) is 17.2. The van der Waals surface area contributed by atoms with E-state index in [9.17, 15) is 9.90 Å². The highest BCUT2D eigenvalue weighted by Crippen LogP contribution is 2.34. The van der Waals surface area contributed by atoms with Crippen LogP contribution in [0.4, 0.5) is 0 Å². The fraction of sp³-hybridized carbons (Fsp3) is 0.353. The Hall–Kier alpha value is -1.81. The molecule has 3 rings (SSSR count). The number of phenolic OH excluding ortho intramolecular Hbond substituents is 1. The Morgan fingerprint density at radius 3 is 2.90 bits per heavy atom. The molecule has 0 spiro atoms. The van der Waals surface area contributed by atoms with E-state index >= 15 is 0 Å². The van der Waals surface area contributed by atoms with Crippen LogP contribution in [-0.2, 0) is 17.6 Å². The van der Waals surface area contributed by atoms with Crippen LogP contribution in [0.15, 0.2) is 35.7 Å². The van der Waals surface area contributed by atoms with Crippen molar-refractivity contribution in [3.63, 3.8) is 0 Å². The van der Waals surface area contributed by atoms with Crippen molar-refractivity contribution >= 4 is 17.2 Å². The largest absolute Gasteiger partial charge is 0.508 e. The van der Waals surface area contributed by atoms with Crippen LogP contribution >= 0.6 is 11.3 Å². The highest BCUT2D eigenvalue weighted by atomic mass is 32.1. The number of aromatic hydroxyl groups is 1. The van der Waals surface area contributed by atoms with Crippen molar-refractivity contribution in [1.82, 2.24) is 5.32 Å². The number of benzene rings is 1. The molecule has 0 fully saturated rings. The van der Waals surface area contributed by atoms with Gasteiger partial charge in [0.05, 0.1) is 5.92 Å². The highest BCUT2D eigenvalue weighted by molar-refractivity contribution is 7.10. The minimum atomic E-state index is 0.0276. The molecule has 1 aliphatic carbocycles. The minimum Gasteiger partial charge on any atom is -0.508 e. The van der Waals surface area contributed by atoms with E-state index in [1.165, 1.54) is 10.4 Å². The first-order valence-electron chi connectivity index (χ1n) is 7.36. The molecule has 2 N–H and O–H groups in total. The van der Waals surface area contributed by atoms with Gasteiger partial charge in [-0.1, -0.05) is 12.1 Å². The van der Waals surface area contributed by atoms with Crippen LogP contribution in [0.3, 0.4) is 0 Å². The number of amides is 1. The third kappa shape index (κ3) is 3.27. The summed E-state index contributed by atoms with van der Waals surface area (Å²) in [7, 11) is 0. The number of phenols is 1. The molecule has 1 aromatic carbocycles. The van der Waals surface area contributed by atoms with Crippen molar-refractivity contribution in [2.24, 2.45) is 0 Å². The molecule has 1 heterocycles. The molecule has 1 aliphatic rings. The zero-order valence-corrected chi connectivity index (χ0v) is 12.7. The molecule has 3 nitrogen and oxygen atoms in total. The maximum absolute atomic E-state index is 12.4. The van der Waals surface area contributed by atoms with E-state index in [0.717, 1.165) is 31.2 Å². The van der Waals surface area contributed by atoms with Gasteiger partial charge in [-0.2, -0.15) is 0 Å². The van der Waals surface area contributed by atoms with Gasteiger partial charge in [-0.05, 0) is 60.4 Å². The first-order chi connectivity index (χ1) is 10.2. The zero-order chi connectivity index (χ0) is 14.7. The summed E-state index contributed by atoms with van der Waals surface area (Å²) in [5, 5.41) is 14.4. The summed E-state index contributed by atoms with van der Waals surface area (Å²) in [6.45, 7) is 0.638. The van der Waals surface area contributed by atoms with Gasteiger partial charge in [-0.15, -0.1) is 11.3 Å². The average Bonchev–Trinajstić information content (AvgIpc) is 2.97. The Labute approximate surface area is 128 Å². The van der Waals surface area contributed by atoms with E-state index in [-0.39, 0.29) is 17.6 Å². The molecule has 0 radical (unpaired) electrons. The Bertz CT molecular complexity index is 618. The highest BCUT2D eigenvalue weighted by Gasteiger charge is 2.26. The number of carbonyl (C=O) groups excluding carboxylic acids is 1. The Balaban J connectivity index is 1.54. The van der Waals surface area contributed by atoms with Crippen LogP contribution < -0.4 is 5.32 Å². The van der Waals surface area contributed by atoms with E-state index in [1.54, 1.807) is 23.5 Å². The molecular weight excluding hydrogens is 282 g/mol. The quantitative estimate of drug-likeness (QED) is 0.911. The Morgan fingerprint density at radius 2 is 2.10 bits per heavy atom. The fourth-order valence-electron chi connectivity index (χ4n) is 2.87. The molecule has 1 atom stereocenters. The number of rotatable bonds is 4. The van der Waals surface area contributed by atoms with Gasteiger partial charge in [0.15, 0.2) is 0 Å². The van der Waals surface area contributed by atoms with Crippen LogP contribution in [0.5, 0.6) is 5.75 Å². The van der Waals surface area contributed by atoms with Crippen LogP contribution in [0, 0.1) is 0 Å². The van der Waals surface area contributed by atoms with Gasteiger partial charge in [-0.25, -0.2) is 0 Å². The molecule has 110 valence electrons. The van der Waals surface area contributed by atoms with Crippen molar-refractivity contribution < 1.29 is 9.90 Å². The molecule has 0 saturated carbocycles. The van der Waals surface area contributed by atoms with Gasteiger partial charge >= 0.3 is 0 Å². The van der Waals surface area contributed by atoms with Crippen molar-refractivity contribution in [2.75, 3.05) is 6.54 Å². The summed E-state index contributed by atoms with van der Waals surface area (Å²) in [4.78, 5) is 13.7. The number of hydrogen-bond donors (Lipinski definition) is 2. The number of fused-ring (bicyclic) bond motifs is 1. The third-order valence-electron chi connectivity index (χ3n) is 4.02. The van der Waals surface area contributed by atoms with Crippen molar-refractivity contribution in [1.29, 1.82) is 0 Å². The number of thiophene rings is 1. The predicted molar refractivity (Wildman–Crippen MR) is 84.8 cm³/mol. The van der Waals surface area contributed by atoms with Crippen molar-refractivity contribution in [3.05, 3.63) is 51.7 Å². The van der Waals surface area contributed by atoms with E-state index < -0.39 is 0 Å². The van der Waals surface area contributed by atoms with Gasteiger partial charge in [0.1, 0.15) is 5.75 Å². The maximum atomic E-state index is 12.4. The monoisotopic (exact) mass is 301 g/mol. The van der Waals surface area contributed by atoms with Crippen LogP contribution in [0.1, 0.15) is 34.8 Å². The summed E-state index contributed by atoms with van der Waals surface area (Å²) in [5.41, 5.74) is 2.35. The molecular formula is C17H19NO2S. The third-order valence-corrected chi connectivity index (χ3v) is 5.01. The fourth-order valence-corrected chi connectivity index (χ4v) is 3.86. The molecule has 0 aliphatic heterocycles. The second-order valence-corrected chi connectivity index (χ2v) is 6.45. The smallest absolute Gasteiger partial charge is 0.227 e. The second kappa shape index (κ2) is 6.31. The molecule has 0 saturated heterocycles. The van der Waals surface area contributed by atoms with E-state index in [0.29, 0.717) is 6.54 Å². The lowest BCUT2D eigenvalue weighted by Gasteiger charge is -2.21. The molecule has 0 bridgehead atoms. The number of nitrogens with one attached hydrogen (secondary N) is 1. The van der Waals surface area contributed by atoms with Gasteiger partial charge < -0.3 is 10.4 Å². The van der Waals surface area contributed by atoms with Crippen molar-refractivity contribution in [2.45, 2.75) is 31.6 Å². The Kier molecular flexibility index (Phi) is 4.25. The predicted octanol–water partition coefficient (Wildman–Crippen LogP) is 3.23. The first-order valence-corrected chi connectivity index (χ1v) is 8.24. The number of carbonyl (C=O) groups is 1. The van der Waals surface area contributed by atoms with E-state index in [2.05, 4.69) is 16.8 Å². The first kappa shape index (κ1) is 14.1. The SMILES string of the molecule is O=C(NCCc1ccc(O)cc1)C1CCCc2sccc21. The van der Waals surface area contributed by atoms with E-state index in [1.807, 2.05) is 12.1 Å². The molecule has 1 unspecified atom stereocenters. The summed E-state index contributed by atoms with van der Waals surface area (Å²) >= 11 is 1.76. The minimum absolute atomic E-state index is 0.0276. The van der Waals surface area contributed by atoms with Gasteiger partial charge in [-0.3, -0.25) is 4.79 Å². The van der Waals surface area contributed by atoms with Crippen molar-refractivity contribution in [3.8, 4) is 5.75 Å². The maximum Gasteiger partial charge on any atom is 0.227 e. The van der Waals surface area contributed by atoms with Gasteiger partial charge in [0, 0.05) is 11.4 Å². The molecule has 4 heteroatoms.